The molecule has 1 atom stereocenters. The lowest BCUT2D eigenvalue weighted by Gasteiger charge is -2.22. The Morgan fingerprint density at radius 1 is 1.43 bits per heavy atom. The number of aromatic nitrogens is 2. The van der Waals surface area contributed by atoms with Gasteiger partial charge in [-0.05, 0) is 76.1 Å². The van der Waals surface area contributed by atoms with E-state index in [2.05, 4.69) is 62.8 Å². The van der Waals surface area contributed by atoms with Gasteiger partial charge in [0.1, 0.15) is 5.82 Å². The topological polar surface area (TPSA) is 29.9 Å². The molecule has 0 radical (unpaired) electrons. The van der Waals surface area contributed by atoms with Gasteiger partial charge in [0.15, 0.2) is 0 Å². The van der Waals surface area contributed by atoms with Crippen LogP contribution in [-0.2, 0) is 6.54 Å². The molecule has 0 aliphatic rings. The van der Waals surface area contributed by atoms with Crippen LogP contribution in [-0.4, -0.2) is 16.3 Å². The zero-order chi connectivity index (χ0) is 15.4. The maximum atomic E-state index is 13.4. The summed E-state index contributed by atoms with van der Waals surface area (Å²) in [7, 11) is 0. The monoisotopic (exact) mass is 465 g/mol. The van der Waals surface area contributed by atoms with Crippen molar-refractivity contribution in [1.82, 2.24) is 15.1 Å². The predicted molar refractivity (Wildman–Crippen MR) is 94.9 cm³/mol. The lowest BCUT2D eigenvalue weighted by atomic mass is 10.0. The Labute approximate surface area is 146 Å². The number of rotatable bonds is 6. The van der Waals surface area contributed by atoms with Crippen LogP contribution >= 0.6 is 38.5 Å². The second-order valence-electron chi connectivity index (χ2n) is 4.75. The van der Waals surface area contributed by atoms with E-state index in [0.717, 1.165) is 38.8 Å². The Morgan fingerprint density at radius 3 is 2.81 bits per heavy atom. The van der Waals surface area contributed by atoms with Gasteiger partial charge in [0.05, 0.1) is 22.4 Å². The van der Waals surface area contributed by atoms with Gasteiger partial charge in [-0.3, -0.25) is 4.68 Å². The van der Waals surface area contributed by atoms with E-state index in [1.54, 1.807) is 6.07 Å². The van der Waals surface area contributed by atoms with Crippen molar-refractivity contribution in [1.29, 1.82) is 0 Å². The zero-order valence-corrected chi connectivity index (χ0v) is 15.8. The Bertz CT molecular complexity index is 615. The SMILES string of the molecule is CCCNC(c1ccc(F)cc1I)c1c(Br)cnn1CC. The Hall–Kier alpha value is -0.470. The molecule has 1 unspecified atom stereocenters. The summed E-state index contributed by atoms with van der Waals surface area (Å²) in [5, 5.41) is 7.94. The molecule has 1 aromatic heterocycles. The molecule has 1 heterocycles. The van der Waals surface area contributed by atoms with Crippen molar-refractivity contribution >= 4 is 38.5 Å². The summed E-state index contributed by atoms with van der Waals surface area (Å²) >= 11 is 5.78. The van der Waals surface area contributed by atoms with Crippen LogP contribution in [0.3, 0.4) is 0 Å². The number of benzene rings is 1. The minimum Gasteiger partial charge on any atom is -0.305 e. The van der Waals surface area contributed by atoms with E-state index in [1.807, 2.05) is 16.9 Å². The molecule has 0 fully saturated rings. The largest absolute Gasteiger partial charge is 0.305 e. The normalized spacial score (nSPS) is 12.6. The van der Waals surface area contributed by atoms with Gasteiger partial charge in [0.2, 0.25) is 0 Å². The number of aryl methyl sites for hydroxylation is 1. The quantitative estimate of drug-likeness (QED) is 0.636. The van der Waals surface area contributed by atoms with E-state index in [1.165, 1.54) is 6.07 Å². The molecule has 3 nitrogen and oxygen atoms in total. The third-order valence-corrected chi connectivity index (χ3v) is 4.82. The van der Waals surface area contributed by atoms with Gasteiger partial charge in [-0.2, -0.15) is 5.10 Å². The van der Waals surface area contributed by atoms with Crippen LogP contribution in [0.15, 0.2) is 28.9 Å². The summed E-state index contributed by atoms with van der Waals surface area (Å²) in [5.41, 5.74) is 2.15. The highest BCUT2D eigenvalue weighted by atomic mass is 127. The minimum atomic E-state index is -0.208. The van der Waals surface area contributed by atoms with E-state index in [9.17, 15) is 4.39 Å². The smallest absolute Gasteiger partial charge is 0.124 e. The number of nitrogens with zero attached hydrogens (tertiary/aromatic N) is 2. The fourth-order valence-electron chi connectivity index (χ4n) is 2.29. The zero-order valence-electron chi connectivity index (χ0n) is 12.0. The van der Waals surface area contributed by atoms with Crippen LogP contribution < -0.4 is 5.32 Å². The third-order valence-electron chi connectivity index (χ3n) is 3.28. The predicted octanol–water partition coefficient (Wildman–Crippen LogP) is 4.50. The van der Waals surface area contributed by atoms with Gasteiger partial charge in [0, 0.05) is 10.1 Å². The highest BCUT2D eigenvalue weighted by Gasteiger charge is 2.23. The summed E-state index contributed by atoms with van der Waals surface area (Å²) in [5.74, 6) is -0.208. The second-order valence-corrected chi connectivity index (χ2v) is 6.76. The Balaban J connectivity index is 2.49. The maximum absolute atomic E-state index is 13.4. The molecule has 2 rings (SSSR count). The van der Waals surface area contributed by atoms with Gasteiger partial charge < -0.3 is 5.32 Å². The Morgan fingerprint density at radius 2 is 2.19 bits per heavy atom. The van der Waals surface area contributed by atoms with Crippen LogP contribution in [0.4, 0.5) is 4.39 Å². The van der Waals surface area contributed by atoms with Crippen molar-refractivity contribution in [3.8, 4) is 0 Å². The second kappa shape index (κ2) is 7.69. The first-order valence-corrected chi connectivity index (χ1v) is 8.85. The first-order valence-electron chi connectivity index (χ1n) is 6.98. The van der Waals surface area contributed by atoms with E-state index >= 15 is 0 Å². The minimum absolute atomic E-state index is 0.00530. The molecule has 0 bridgehead atoms. The van der Waals surface area contributed by atoms with E-state index in [4.69, 9.17) is 0 Å². The van der Waals surface area contributed by atoms with Crippen molar-refractivity contribution in [3.05, 3.63) is 49.5 Å². The average Bonchev–Trinajstić information content (AvgIpc) is 2.82. The van der Waals surface area contributed by atoms with Gasteiger partial charge in [-0.1, -0.05) is 13.0 Å². The van der Waals surface area contributed by atoms with Crippen LogP contribution in [0, 0.1) is 9.39 Å². The number of nitrogens with one attached hydrogen (secondary N) is 1. The van der Waals surface area contributed by atoms with Crippen molar-refractivity contribution in [2.75, 3.05) is 6.54 Å². The molecule has 114 valence electrons. The number of halogens is 3. The summed E-state index contributed by atoms with van der Waals surface area (Å²) < 4.78 is 17.2. The summed E-state index contributed by atoms with van der Waals surface area (Å²) in [6.45, 7) is 5.88. The summed E-state index contributed by atoms with van der Waals surface area (Å²) in [6.07, 6.45) is 2.85. The third kappa shape index (κ3) is 3.84. The molecule has 0 aliphatic heterocycles. The van der Waals surface area contributed by atoms with Crippen LogP contribution in [0.25, 0.3) is 0 Å². The van der Waals surface area contributed by atoms with Gasteiger partial charge in [-0.25, -0.2) is 4.39 Å². The van der Waals surface area contributed by atoms with Gasteiger partial charge in [0.25, 0.3) is 0 Å². The molecular formula is C15H18BrFIN3. The Kier molecular flexibility index (Phi) is 6.19. The molecule has 2 aromatic rings. The molecule has 0 spiro atoms. The lowest BCUT2D eigenvalue weighted by Crippen LogP contribution is -2.27. The van der Waals surface area contributed by atoms with Crippen molar-refractivity contribution in [2.45, 2.75) is 32.9 Å². The highest BCUT2D eigenvalue weighted by Crippen LogP contribution is 2.31. The van der Waals surface area contributed by atoms with Crippen LogP contribution in [0.5, 0.6) is 0 Å². The molecule has 21 heavy (non-hydrogen) atoms. The molecule has 0 amide bonds. The molecule has 1 N–H and O–H groups in total. The fraction of sp³-hybridized carbons (Fsp3) is 0.400. The van der Waals surface area contributed by atoms with Crippen LogP contribution in [0.2, 0.25) is 0 Å². The van der Waals surface area contributed by atoms with E-state index in [0.29, 0.717) is 0 Å². The van der Waals surface area contributed by atoms with Gasteiger partial charge in [-0.15, -0.1) is 0 Å². The van der Waals surface area contributed by atoms with Crippen molar-refractivity contribution < 1.29 is 4.39 Å². The van der Waals surface area contributed by atoms with Crippen molar-refractivity contribution in [3.63, 3.8) is 0 Å². The number of hydrogen-bond donors (Lipinski definition) is 1. The van der Waals surface area contributed by atoms with Crippen LogP contribution in [0.1, 0.15) is 37.6 Å². The standard InChI is InChI=1S/C15H18BrFIN3/c1-3-7-19-14(11-6-5-10(17)8-13(11)18)15-12(16)9-20-21(15)4-2/h5-6,8-9,14,19H,3-4,7H2,1-2H3. The summed E-state index contributed by atoms with van der Waals surface area (Å²) in [4.78, 5) is 0. The maximum Gasteiger partial charge on any atom is 0.124 e. The molecule has 0 aliphatic carbocycles. The highest BCUT2D eigenvalue weighted by molar-refractivity contribution is 14.1. The van der Waals surface area contributed by atoms with Crippen molar-refractivity contribution in [2.24, 2.45) is 0 Å². The lowest BCUT2D eigenvalue weighted by molar-refractivity contribution is 0.525. The fourth-order valence-corrected chi connectivity index (χ4v) is 3.60. The first-order chi connectivity index (χ1) is 10.1. The van der Waals surface area contributed by atoms with E-state index < -0.39 is 0 Å². The van der Waals surface area contributed by atoms with Gasteiger partial charge >= 0.3 is 0 Å². The number of hydrogen-bond acceptors (Lipinski definition) is 2. The molecule has 0 saturated carbocycles. The molecule has 6 heteroatoms. The molecular weight excluding hydrogens is 448 g/mol. The average molecular weight is 466 g/mol. The first kappa shape index (κ1) is 16.9. The molecule has 1 aromatic carbocycles. The molecule has 0 saturated heterocycles. The summed E-state index contributed by atoms with van der Waals surface area (Å²) in [6, 6.07) is 4.92. The van der Waals surface area contributed by atoms with E-state index in [-0.39, 0.29) is 11.9 Å².